The summed E-state index contributed by atoms with van der Waals surface area (Å²) in [6, 6.07) is 0.464. The van der Waals surface area contributed by atoms with Crippen molar-refractivity contribution in [2.24, 2.45) is 5.41 Å². The minimum absolute atomic E-state index is 0.0354. The smallest absolute Gasteiger partial charge is 0.0831 e. The van der Waals surface area contributed by atoms with E-state index < -0.39 is 0 Å². The molecule has 0 aliphatic heterocycles. The Labute approximate surface area is 120 Å². The Balaban J connectivity index is 2.73. The van der Waals surface area contributed by atoms with E-state index in [0.717, 1.165) is 19.4 Å². The Bertz CT molecular complexity index is 262. The van der Waals surface area contributed by atoms with Crippen LogP contribution in [0, 0.1) is 5.41 Å². The van der Waals surface area contributed by atoms with Crippen LogP contribution in [0.25, 0.3) is 0 Å². The van der Waals surface area contributed by atoms with E-state index in [4.69, 9.17) is 4.74 Å². The average Bonchev–Trinajstić information content (AvgIpc) is 2.40. The third-order valence-corrected chi connectivity index (χ3v) is 4.79. The number of hydrogen-bond donors (Lipinski definition) is 1. The highest BCUT2D eigenvalue weighted by Gasteiger charge is 2.43. The van der Waals surface area contributed by atoms with Crippen LogP contribution >= 0.6 is 0 Å². The van der Waals surface area contributed by atoms with E-state index >= 15 is 0 Å². The van der Waals surface area contributed by atoms with Gasteiger partial charge in [0, 0.05) is 13.2 Å². The van der Waals surface area contributed by atoms with E-state index in [1.807, 2.05) is 13.2 Å². The zero-order chi connectivity index (χ0) is 14.4. The first kappa shape index (κ1) is 16.7. The molecule has 19 heavy (non-hydrogen) atoms. The molecule has 0 aromatic rings. The van der Waals surface area contributed by atoms with Gasteiger partial charge >= 0.3 is 0 Å². The van der Waals surface area contributed by atoms with Crippen molar-refractivity contribution in [3.63, 3.8) is 0 Å². The maximum Gasteiger partial charge on any atom is 0.0831 e. The largest absolute Gasteiger partial charge is 0.377 e. The highest BCUT2D eigenvalue weighted by molar-refractivity contribution is 4.99. The Kier molecular flexibility index (Phi) is 6.55. The number of nitrogens with one attached hydrogen (secondary N) is 1. The Morgan fingerprint density at radius 2 is 1.89 bits per heavy atom. The van der Waals surface area contributed by atoms with Gasteiger partial charge in [0.05, 0.1) is 5.60 Å². The standard InChI is InChI=1S/C17H33NO/c1-6-8-9-15(18-14-7-2)17(19-5)12-10-16(3,4)11-13-17/h6,15,18H,1,7-14H2,2-5H3. The molecule has 112 valence electrons. The van der Waals surface area contributed by atoms with Crippen molar-refractivity contribution in [2.45, 2.75) is 77.4 Å². The lowest BCUT2D eigenvalue weighted by molar-refractivity contribution is -0.0876. The fourth-order valence-corrected chi connectivity index (χ4v) is 3.20. The molecule has 1 aliphatic carbocycles. The minimum atomic E-state index is 0.0354. The van der Waals surface area contributed by atoms with Crippen LogP contribution in [0.15, 0.2) is 12.7 Å². The third-order valence-electron chi connectivity index (χ3n) is 4.79. The van der Waals surface area contributed by atoms with Gasteiger partial charge in [-0.2, -0.15) is 0 Å². The van der Waals surface area contributed by atoms with Gasteiger partial charge in [-0.15, -0.1) is 6.58 Å². The molecule has 1 saturated carbocycles. The van der Waals surface area contributed by atoms with Crippen LogP contribution in [0.5, 0.6) is 0 Å². The second-order valence-electron chi connectivity index (χ2n) is 6.81. The summed E-state index contributed by atoms with van der Waals surface area (Å²) < 4.78 is 6.03. The molecule has 1 unspecified atom stereocenters. The lowest BCUT2D eigenvalue weighted by Crippen LogP contribution is -2.54. The molecule has 0 bridgehead atoms. The van der Waals surface area contributed by atoms with Crippen molar-refractivity contribution in [1.82, 2.24) is 5.32 Å². The summed E-state index contributed by atoms with van der Waals surface area (Å²) in [5.74, 6) is 0. The van der Waals surface area contributed by atoms with Gasteiger partial charge in [0.1, 0.15) is 0 Å². The molecule has 0 saturated heterocycles. The molecule has 2 nitrogen and oxygen atoms in total. The van der Waals surface area contributed by atoms with E-state index in [-0.39, 0.29) is 5.60 Å². The summed E-state index contributed by atoms with van der Waals surface area (Å²) in [4.78, 5) is 0. The fraction of sp³-hybridized carbons (Fsp3) is 0.882. The van der Waals surface area contributed by atoms with Crippen LogP contribution in [-0.4, -0.2) is 25.3 Å². The second kappa shape index (κ2) is 7.44. The monoisotopic (exact) mass is 267 g/mol. The van der Waals surface area contributed by atoms with E-state index in [9.17, 15) is 0 Å². The van der Waals surface area contributed by atoms with Gasteiger partial charge in [0.15, 0.2) is 0 Å². The Morgan fingerprint density at radius 1 is 1.26 bits per heavy atom. The molecule has 1 atom stereocenters. The van der Waals surface area contributed by atoms with Gasteiger partial charge in [0.2, 0.25) is 0 Å². The minimum Gasteiger partial charge on any atom is -0.377 e. The summed E-state index contributed by atoms with van der Waals surface area (Å²) in [7, 11) is 1.90. The quantitative estimate of drug-likeness (QED) is 0.662. The molecule has 0 heterocycles. The first-order valence-corrected chi connectivity index (χ1v) is 7.89. The van der Waals surface area contributed by atoms with Crippen LogP contribution in [0.2, 0.25) is 0 Å². The van der Waals surface area contributed by atoms with Crippen LogP contribution in [0.3, 0.4) is 0 Å². The van der Waals surface area contributed by atoms with Crippen molar-refractivity contribution >= 4 is 0 Å². The van der Waals surface area contributed by atoms with Gasteiger partial charge in [-0.3, -0.25) is 0 Å². The Hall–Kier alpha value is -0.340. The van der Waals surface area contributed by atoms with Crippen LogP contribution in [0.4, 0.5) is 0 Å². The summed E-state index contributed by atoms with van der Waals surface area (Å²) >= 11 is 0. The highest BCUT2D eigenvalue weighted by Crippen LogP contribution is 2.44. The van der Waals surface area contributed by atoms with E-state index in [2.05, 4.69) is 32.7 Å². The summed E-state index contributed by atoms with van der Waals surface area (Å²) in [5.41, 5.74) is 0.517. The van der Waals surface area contributed by atoms with Gasteiger partial charge in [-0.25, -0.2) is 0 Å². The molecule has 2 heteroatoms. The maximum absolute atomic E-state index is 6.03. The van der Waals surface area contributed by atoms with Gasteiger partial charge in [-0.1, -0.05) is 26.8 Å². The lowest BCUT2D eigenvalue weighted by Gasteiger charge is -2.47. The van der Waals surface area contributed by atoms with Gasteiger partial charge in [0.25, 0.3) is 0 Å². The maximum atomic E-state index is 6.03. The van der Waals surface area contributed by atoms with E-state index in [1.54, 1.807) is 0 Å². The summed E-state index contributed by atoms with van der Waals surface area (Å²) in [5, 5.41) is 3.72. The molecular weight excluding hydrogens is 234 g/mol. The zero-order valence-electron chi connectivity index (χ0n) is 13.4. The predicted octanol–water partition coefficient (Wildman–Crippen LogP) is 4.31. The SMILES string of the molecule is C=CCCC(NCCC)C1(OC)CCC(C)(C)CC1. The Morgan fingerprint density at radius 3 is 2.37 bits per heavy atom. The topological polar surface area (TPSA) is 21.3 Å². The molecule has 1 aliphatic rings. The number of allylic oxidation sites excluding steroid dienone is 1. The lowest BCUT2D eigenvalue weighted by atomic mass is 9.67. The van der Waals surface area contributed by atoms with Crippen molar-refractivity contribution in [2.75, 3.05) is 13.7 Å². The number of methoxy groups -OCH3 is 1. The first-order chi connectivity index (χ1) is 8.99. The molecule has 0 aromatic carbocycles. The molecule has 1 N–H and O–H groups in total. The fourth-order valence-electron chi connectivity index (χ4n) is 3.20. The van der Waals surface area contributed by atoms with E-state index in [1.165, 1.54) is 32.1 Å². The van der Waals surface area contributed by atoms with E-state index in [0.29, 0.717) is 11.5 Å². The molecule has 0 aromatic heterocycles. The van der Waals surface area contributed by atoms with Crippen LogP contribution in [0.1, 0.15) is 65.7 Å². The molecule has 0 spiro atoms. The summed E-state index contributed by atoms with van der Waals surface area (Å²) in [6.45, 7) is 11.9. The third kappa shape index (κ3) is 4.61. The van der Waals surface area contributed by atoms with Crippen molar-refractivity contribution in [3.05, 3.63) is 12.7 Å². The number of rotatable bonds is 8. The molecule has 1 rings (SSSR count). The van der Waals surface area contributed by atoms with Gasteiger partial charge < -0.3 is 10.1 Å². The number of hydrogen-bond acceptors (Lipinski definition) is 2. The van der Waals surface area contributed by atoms with Gasteiger partial charge in [-0.05, 0) is 56.9 Å². The summed E-state index contributed by atoms with van der Waals surface area (Å²) in [6.07, 6.45) is 10.3. The van der Waals surface area contributed by atoms with Crippen molar-refractivity contribution in [3.8, 4) is 0 Å². The van der Waals surface area contributed by atoms with Crippen LogP contribution < -0.4 is 5.32 Å². The van der Waals surface area contributed by atoms with Crippen molar-refractivity contribution < 1.29 is 4.74 Å². The molecule has 1 fully saturated rings. The number of ether oxygens (including phenoxy) is 1. The zero-order valence-corrected chi connectivity index (χ0v) is 13.4. The average molecular weight is 267 g/mol. The first-order valence-electron chi connectivity index (χ1n) is 7.89. The molecule has 0 amide bonds. The van der Waals surface area contributed by atoms with Crippen LogP contribution in [-0.2, 0) is 4.74 Å². The normalized spacial score (nSPS) is 22.9. The second-order valence-corrected chi connectivity index (χ2v) is 6.81. The molecule has 0 radical (unpaired) electrons. The van der Waals surface area contributed by atoms with Crippen molar-refractivity contribution in [1.29, 1.82) is 0 Å². The molecular formula is C17H33NO. The predicted molar refractivity (Wildman–Crippen MR) is 83.5 cm³/mol. The highest BCUT2D eigenvalue weighted by atomic mass is 16.5.